The summed E-state index contributed by atoms with van der Waals surface area (Å²) in [6.45, 7) is 21.6. The van der Waals surface area contributed by atoms with Crippen molar-refractivity contribution in [2.24, 2.45) is 33.1 Å². The van der Waals surface area contributed by atoms with Crippen molar-refractivity contribution >= 4 is 133 Å². The molecular weight excluding hydrogens is 1880 g/mol. The van der Waals surface area contributed by atoms with Crippen LogP contribution in [0, 0.1) is 30.1 Å². The molecule has 4 fully saturated rings. The Morgan fingerprint density at radius 1 is 0.485 bits per heavy atom. The molecule has 4 unspecified atom stereocenters. The molecule has 9 N–H and O–H groups in total. The Balaban J connectivity index is 0.000000148. The molecule has 5 aromatic heterocycles. The number of hydrazone groups is 3. The van der Waals surface area contributed by atoms with Crippen LogP contribution in [0.3, 0.4) is 0 Å². The second kappa shape index (κ2) is 38.4. The number of hydrogen-bond donors (Lipinski definition) is 9. The van der Waals surface area contributed by atoms with Gasteiger partial charge in [0.15, 0.2) is 40.1 Å². The standard InChI is InChI=1S/C21H15Cl2F2N5O4.C21H19Cl2F2N5O3.C20H17Cl2F2N5O3.C20H20Cl2N6O3/c1-3-15-19(32)26-20(33)30(29-15)11-4-13(22)17(14(23)5-11)34-16-6-12(18(31)28-27-16)9(2)10-7-21(24,25)8-10;1-9(12-7-21(24,25)8-12)13-6-16(27-28-19(13)31)33-18-14(22)4-11(5-15(18)23)17-20(32)26-10(2)30(3)29-17;1-8(11-6-20(23,24)7-11)12-5-15(27-29-18(12)30)32-17-13(21)3-10(4-14(17)22)16-19(31)25-9(2)26-28-16;1-10-11(2)26-28(20(30)23-10)13-7-15(21)18(16(22)8-13)31-17-9-14(19(29)25-24-17)12(3)27-5-4-6-27/h1,4-6,9-10H,7-8H2,2H3,(H,28,31)(H,26,32,33);4-6,9,12H,2,7-8H2,1,3H3,(H,26,32)(H,28,31);3-5,8,11,26H,2,6-7H2,1H3,(H,25,31)(H,29,30);7-9,12H,1,4-6H2,2-3H3,(H,23,30)(H,25,29). The Hall–Kier alpha value is -12.3. The van der Waals surface area contributed by atoms with E-state index in [1.54, 1.807) is 40.8 Å². The highest BCUT2D eigenvalue weighted by atomic mass is 35.5. The van der Waals surface area contributed by atoms with Gasteiger partial charge in [-0.25, -0.2) is 56.3 Å². The number of likely N-dealkylation sites (tertiary alicyclic amines) is 1. The number of carbonyl (C=O) groups is 3. The lowest BCUT2D eigenvalue weighted by atomic mass is 9.71. The second-order valence-corrected chi connectivity index (χ2v) is 34.1. The van der Waals surface area contributed by atoms with Crippen molar-refractivity contribution < 1.29 is 59.7 Å². The van der Waals surface area contributed by atoms with Gasteiger partial charge in [0.1, 0.15) is 11.6 Å². The molecule has 0 radical (unpaired) electrons. The molecule has 0 spiro atoms. The van der Waals surface area contributed by atoms with Gasteiger partial charge in [-0.05, 0) is 123 Å². The number of rotatable bonds is 20. The maximum atomic E-state index is 13.3. The normalized spacial score (nSPS) is 17.8. The van der Waals surface area contributed by atoms with Crippen LogP contribution in [0.2, 0.25) is 40.2 Å². The van der Waals surface area contributed by atoms with Crippen molar-refractivity contribution in [2.45, 2.75) is 121 Å². The van der Waals surface area contributed by atoms with E-state index in [-0.39, 0.29) is 200 Å². The van der Waals surface area contributed by atoms with Crippen molar-refractivity contribution in [2.75, 3.05) is 25.1 Å². The van der Waals surface area contributed by atoms with Gasteiger partial charge in [-0.1, -0.05) is 133 Å². The second-order valence-electron chi connectivity index (χ2n) is 30.8. The van der Waals surface area contributed by atoms with Crippen LogP contribution in [0.25, 0.3) is 5.69 Å². The van der Waals surface area contributed by atoms with E-state index in [1.165, 1.54) is 71.7 Å². The van der Waals surface area contributed by atoms with Gasteiger partial charge in [0.25, 0.3) is 39.6 Å². The van der Waals surface area contributed by atoms with Crippen LogP contribution in [-0.2, 0) is 9.59 Å². The van der Waals surface area contributed by atoms with Gasteiger partial charge in [0.2, 0.25) is 41.3 Å². The largest absolute Gasteiger partial charge is 0.434 e. The first-order valence-electron chi connectivity index (χ1n) is 38.9. The van der Waals surface area contributed by atoms with Crippen molar-refractivity contribution in [3.63, 3.8) is 0 Å². The van der Waals surface area contributed by atoms with Gasteiger partial charge in [-0.15, -0.1) is 31.9 Å². The molecule has 4 aromatic carbocycles. The van der Waals surface area contributed by atoms with Crippen molar-refractivity contribution in [3.05, 3.63) is 251 Å². The maximum Gasteiger partial charge on any atom is 0.349 e. The van der Waals surface area contributed by atoms with Crippen LogP contribution in [0.15, 0.2) is 154 Å². The number of anilines is 1. The lowest BCUT2D eigenvalue weighted by molar-refractivity contribution is -0.116. The number of nitrogens with zero attached hydrogens (tertiary/aromatic N) is 12. The third kappa shape index (κ3) is 21.4. The van der Waals surface area contributed by atoms with Crippen LogP contribution in [0.4, 0.5) is 36.8 Å². The molecule has 4 amide bonds. The fourth-order valence-corrected chi connectivity index (χ4v) is 16.5. The summed E-state index contributed by atoms with van der Waals surface area (Å²) < 4.78 is 103. The molecule has 0 bridgehead atoms. The molecule has 48 heteroatoms. The highest BCUT2D eigenvalue weighted by Gasteiger charge is 2.50. The molecule has 3 aliphatic carbocycles. The number of halogens is 14. The average Bonchev–Trinajstić information content (AvgIpc) is 0.787. The minimum Gasteiger partial charge on any atom is -0.434 e. The fraction of sp³-hybridized carbons (Fsp3) is 0.305. The number of aromatic amines is 5. The fourth-order valence-electron chi connectivity index (χ4n) is 14.2. The maximum absolute atomic E-state index is 13.3. The quantitative estimate of drug-likeness (QED) is 0.0253. The van der Waals surface area contributed by atoms with Gasteiger partial charge in [-0.3, -0.25) is 53.9 Å². The van der Waals surface area contributed by atoms with Gasteiger partial charge >= 0.3 is 11.7 Å². The summed E-state index contributed by atoms with van der Waals surface area (Å²) in [7, 11) is 1.62. The van der Waals surface area contributed by atoms with E-state index in [2.05, 4.69) is 113 Å². The summed E-state index contributed by atoms with van der Waals surface area (Å²) in [6.07, 6.45) is 4.64. The highest BCUT2D eigenvalue weighted by molar-refractivity contribution is 6.48. The zero-order valence-corrected chi connectivity index (χ0v) is 74.5. The smallest absolute Gasteiger partial charge is 0.349 e. The lowest BCUT2D eigenvalue weighted by Crippen LogP contribution is -2.42. The topological polar surface area (TPSA) is 434 Å². The monoisotopic (exact) mass is 1950 g/mol. The summed E-state index contributed by atoms with van der Waals surface area (Å²) >= 11 is 50.7. The van der Waals surface area contributed by atoms with Gasteiger partial charge in [0, 0.05) is 109 Å². The van der Waals surface area contributed by atoms with E-state index in [1.807, 2.05) is 11.9 Å². The summed E-state index contributed by atoms with van der Waals surface area (Å²) in [5, 5.41) is 51.6. The average molecular weight is 1960 g/mol. The van der Waals surface area contributed by atoms with Gasteiger partial charge < -0.3 is 34.9 Å². The van der Waals surface area contributed by atoms with E-state index < -0.39 is 81.3 Å². The molecule has 4 aliphatic heterocycles. The zero-order chi connectivity index (χ0) is 94.4. The first kappa shape index (κ1) is 95.3. The molecule has 7 aliphatic rings. The number of H-pyrrole nitrogens is 5. The summed E-state index contributed by atoms with van der Waals surface area (Å²) in [6, 6.07) is 16.5. The van der Waals surface area contributed by atoms with Crippen molar-refractivity contribution in [3.8, 4) is 64.5 Å². The van der Waals surface area contributed by atoms with Crippen LogP contribution in [0.5, 0.6) is 46.5 Å². The molecule has 680 valence electrons. The van der Waals surface area contributed by atoms with Crippen molar-refractivity contribution in [1.29, 1.82) is 0 Å². The predicted octanol–water partition coefficient (Wildman–Crippen LogP) is 15.5. The molecule has 3 saturated carbocycles. The third-order valence-corrected chi connectivity index (χ3v) is 24.2. The van der Waals surface area contributed by atoms with Gasteiger partial charge in [0.05, 0.1) is 63.0 Å². The molecule has 34 nitrogen and oxygen atoms in total. The number of terminal acetylenes is 1. The van der Waals surface area contributed by atoms with E-state index in [0.29, 0.717) is 39.6 Å². The third-order valence-electron chi connectivity index (χ3n) is 21.9. The van der Waals surface area contributed by atoms with Crippen LogP contribution >= 0.6 is 92.8 Å². The molecular formula is C82H71Cl8F6N21O13. The zero-order valence-electron chi connectivity index (χ0n) is 68.5. The van der Waals surface area contributed by atoms with E-state index in [0.717, 1.165) is 29.2 Å². The molecule has 130 heavy (non-hydrogen) atoms. The molecule has 9 heterocycles. The molecule has 4 atom stereocenters. The number of ether oxygens (including phenoxy) is 4. The van der Waals surface area contributed by atoms with Crippen LogP contribution in [-0.4, -0.2) is 138 Å². The Labute approximate surface area is 770 Å². The Morgan fingerprint density at radius 2 is 0.846 bits per heavy atom. The number of aromatic nitrogens is 11. The predicted molar refractivity (Wildman–Crippen MR) is 472 cm³/mol. The van der Waals surface area contributed by atoms with Crippen LogP contribution < -0.4 is 78.8 Å². The number of hydrogen-bond acceptors (Lipinski definition) is 24. The SMILES string of the molecule is C#Cc1nn(-c2cc(Cl)c(Oc3cc(C(C)C4CC(F)(F)C4)c(=O)[nH]n3)c(Cl)c2)c(=O)[nH]c1=O.C=C1NC(=O)C(c2cc(Cl)c(Oc3cc(C(C)C4CC(F)(F)C4)c(=O)[nH]n3)c(Cl)c2)=NN1C.C=C1NC(=O)N(c2cc(Cl)c(Oc3cc(C(C)N4CCC4)c(=O)[nH]n3)c(Cl)c2)N=C1C.C=C1NN=C(c2cc(Cl)c(Oc3cc(C(C)C4CC(F)(F)C4)c(=O)[nH]n3)c(Cl)c2)C(=O)N1. The Morgan fingerprint density at radius 3 is 1.22 bits per heavy atom. The number of allylic oxidation sites excluding steroid dienone is 1. The number of carbonyl (C=O) groups excluding carboxylic acids is 3. The van der Waals surface area contributed by atoms with E-state index >= 15 is 0 Å². The highest BCUT2D eigenvalue weighted by Crippen LogP contribution is 2.52. The lowest BCUT2D eigenvalue weighted by Gasteiger charge is -2.38. The number of benzene rings is 4. The minimum absolute atomic E-state index is 0.0112. The number of amides is 4. The first-order chi connectivity index (χ1) is 61.2. The Kier molecular flexibility index (Phi) is 28.1. The first-order valence-corrected chi connectivity index (χ1v) is 41.9. The Bertz CT molecular complexity index is 6580. The van der Waals surface area contributed by atoms with E-state index in [4.69, 9.17) is 118 Å². The molecule has 16 rings (SSSR count). The molecule has 9 aromatic rings. The summed E-state index contributed by atoms with van der Waals surface area (Å²) in [4.78, 5) is 113. The minimum atomic E-state index is -2.72. The number of nitrogens with one attached hydrogen (secondary N) is 9. The van der Waals surface area contributed by atoms with Crippen LogP contribution in [0.1, 0.15) is 142 Å². The summed E-state index contributed by atoms with van der Waals surface area (Å²) in [5.74, 6) is -8.48. The summed E-state index contributed by atoms with van der Waals surface area (Å²) in [5.41, 5.74) is 2.35. The van der Waals surface area contributed by atoms with E-state index in [9.17, 15) is 69.5 Å². The molecule has 1 saturated heterocycles. The number of urea groups is 1. The van der Waals surface area contributed by atoms with Crippen molar-refractivity contribution in [1.82, 2.24) is 86.8 Å². The number of alkyl halides is 6. The van der Waals surface area contributed by atoms with Gasteiger partial charge in [-0.2, -0.15) is 25.0 Å².